The van der Waals surface area contributed by atoms with E-state index in [1.807, 2.05) is 6.07 Å². The maximum absolute atomic E-state index is 6.16. The Morgan fingerprint density at radius 2 is 2.05 bits per heavy atom. The molecule has 3 aliphatic heterocycles. The molecule has 2 bridgehead atoms. The van der Waals surface area contributed by atoms with Gasteiger partial charge in [0.25, 0.3) is 0 Å². The molecule has 4 heteroatoms. The van der Waals surface area contributed by atoms with Crippen molar-refractivity contribution in [1.82, 2.24) is 9.80 Å². The van der Waals surface area contributed by atoms with Crippen LogP contribution in [0.2, 0.25) is 0 Å². The minimum atomic E-state index is 0.266. The number of likely N-dealkylation sites (tertiary alicyclic amines) is 1. The van der Waals surface area contributed by atoms with Crippen LogP contribution < -0.4 is 10.1 Å². The number of hydrogen-bond acceptors (Lipinski definition) is 4. The summed E-state index contributed by atoms with van der Waals surface area (Å²) in [5.41, 5.74) is 1.13. The van der Waals surface area contributed by atoms with E-state index in [-0.39, 0.29) is 6.10 Å². The van der Waals surface area contributed by atoms with Crippen molar-refractivity contribution in [2.45, 2.75) is 37.5 Å². The first kappa shape index (κ1) is 13.4. The Bertz CT molecular complexity index is 507. The van der Waals surface area contributed by atoms with Gasteiger partial charge >= 0.3 is 0 Å². The summed E-state index contributed by atoms with van der Waals surface area (Å²) >= 11 is 0. The van der Waals surface area contributed by atoms with E-state index in [0.717, 1.165) is 36.6 Å². The largest absolute Gasteiger partial charge is 0.485 e. The maximum Gasteiger partial charge on any atom is 0.142 e. The van der Waals surface area contributed by atoms with Crippen LogP contribution in [0.15, 0.2) is 24.3 Å². The number of rotatable bonds is 2. The van der Waals surface area contributed by atoms with Gasteiger partial charge in [-0.25, -0.2) is 0 Å². The van der Waals surface area contributed by atoms with Gasteiger partial charge in [-0.3, -0.25) is 9.80 Å². The predicted octanol–water partition coefficient (Wildman–Crippen LogP) is 2.03. The summed E-state index contributed by atoms with van der Waals surface area (Å²) in [5.74, 6) is 1.00. The molecule has 4 nitrogen and oxygen atoms in total. The number of nitrogens with zero attached hydrogens (tertiary/aromatic N) is 2. The lowest BCUT2D eigenvalue weighted by Gasteiger charge is -2.33. The number of anilines is 1. The molecule has 21 heavy (non-hydrogen) atoms. The molecule has 114 valence electrons. The summed E-state index contributed by atoms with van der Waals surface area (Å²) < 4.78 is 6.16. The normalized spacial score (nSPS) is 32.9. The van der Waals surface area contributed by atoms with Gasteiger partial charge in [-0.05, 0) is 45.0 Å². The summed E-state index contributed by atoms with van der Waals surface area (Å²) in [6, 6.07) is 9.81. The van der Waals surface area contributed by atoms with E-state index in [9.17, 15) is 0 Å². The van der Waals surface area contributed by atoms with E-state index in [4.69, 9.17) is 4.74 Å². The molecule has 1 aromatic carbocycles. The molecule has 0 aromatic heterocycles. The second-order valence-electron chi connectivity index (χ2n) is 6.72. The van der Waals surface area contributed by atoms with E-state index in [1.54, 1.807) is 0 Å². The Kier molecular flexibility index (Phi) is 3.51. The van der Waals surface area contributed by atoms with E-state index in [2.05, 4.69) is 40.4 Å². The van der Waals surface area contributed by atoms with Gasteiger partial charge in [-0.15, -0.1) is 0 Å². The molecule has 0 saturated carbocycles. The third kappa shape index (κ3) is 2.62. The molecule has 3 heterocycles. The van der Waals surface area contributed by atoms with Crippen molar-refractivity contribution < 1.29 is 4.74 Å². The van der Waals surface area contributed by atoms with Crippen LogP contribution in [0, 0.1) is 0 Å². The Morgan fingerprint density at radius 3 is 3.00 bits per heavy atom. The lowest BCUT2D eigenvalue weighted by atomic mass is 10.1. The second kappa shape index (κ2) is 5.50. The van der Waals surface area contributed by atoms with Crippen molar-refractivity contribution in [2.75, 3.05) is 38.5 Å². The van der Waals surface area contributed by atoms with Crippen LogP contribution in [0.25, 0.3) is 0 Å². The van der Waals surface area contributed by atoms with Gasteiger partial charge in [-0.1, -0.05) is 12.1 Å². The molecule has 3 aliphatic rings. The molecule has 3 atom stereocenters. The summed E-state index contributed by atoms with van der Waals surface area (Å²) in [5, 5.41) is 3.50. The highest BCUT2D eigenvalue weighted by Gasteiger charge is 2.35. The highest BCUT2D eigenvalue weighted by atomic mass is 16.5. The molecule has 4 rings (SSSR count). The molecular formula is C17H25N3O. The van der Waals surface area contributed by atoms with E-state index >= 15 is 0 Å². The van der Waals surface area contributed by atoms with Gasteiger partial charge < -0.3 is 10.1 Å². The van der Waals surface area contributed by atoms with E-state index in [1.165, 1.54) is 32.4 Å². The zero-order valence-electron chi connectivity index (χ0n) is 12.8. The van der Waals surface area contributed by atoms with E-state index < -0.39 is 0 Å². The van der Waals surface area contributed by atoms with Crippen LogP contribution in [0.1, 0.15) is 19.3 Å². The number of nitrogens with one attached hydrogen (secondary N) is 1. The first-order valence-corrected chi connectivity index (χ1v) is 8.23. The van der Waals surface area contributed by atoms with Crippen LogP contribution >= 0.6 is 0 Å². The van der Waals surface area contributed by atoms with E-state index in [0.29, 0.717) is 0 Å². The van der Waals surface area contributed by atoms with Crippen molar-refractivity contribution in [3.05, 3.63) is 24.3 Å². The molecule has 2 saturated heterocycles. The van der Waals surface area contributed by atoms with Crippen LogP contribution in [-0.2, 0) is 0 Å². The van der Waals surface area contributed by atoms with Gasteiger partial charge in [0.05, 0.1) is 12.2 Å². The van der Waals surface area contributed by atoms with Gasteiger partial charge in [0.15, 0.2) is 0 Å². The minimum absolute atomic E-state index is 0.266. The van der Waals surface area contributed by atoms with Crippen LogP contribution in [0.3, 0.4) is 0 Å². The first-order chi connectivity index (χ1) is 10.3. The molecule has 1 N–H and O–H groups in total. The fraction of sp³-hybridized carbons (Fsp3) is 0.647. The third-order valence-corrected chi connectivity index (χ3v) is 5.40. The van der Waals surface area contributed by atoms with Crippen molar-refractivity contribution in [2.24, 2.45) is 0 Å². The second-order valence-corrected chi connectivity index (χ2v) is 6.72. The fourth-order valence-corrected chi connectivity index (χ4v) is 4.10. The molecule has 0 amide bonds. The molecule has 0 spiro atoms. The molecule has 0 radical (unpaired) electrons. The summed E-state index contributed by atoms with van der Waals surface area (Å²) in [4.78, 5) is 5.22. The fourth-order valence-electron chi connectivity index (χ4n) is 4.10. The number of ether oxygens (including phenoxy) is 1. The Morgan fingerprint density at radius 1 is 1.19 bits per heavy atom. The van der Waals surface area contributed by atoms with Crippen molar-refractivity contribution >= 4 is 5.69 Å². The highest BCUT2D eigenvalue weighted by Crippen LogP contribution is 2.30. The van der Waals surface area contributed by atoms with Crippen LogP contribution in [0.4, 0.5) is 5.69 Å². The number of fused-ring (bicyclic) bond motifs is 3. The van der Waals surface area contributed by atoms with Crippen molar-refractivity contribution in [3.63, 3.8) is 0 Å². The topological polar surface area (TPSA) is 27.7 Å². The smallest absolute Gasteiger partial charge is 0.142 e. The standard InChI is InChI=1S/C17H25N3O/c1-19-13-6-7-14(19)11-20(9-8-13)12-15-10-18-16-4-2-3-5-17(16)21-15/h2-5,13-15,18H,6-12H2,1H3. The molecule has 0 aliphatic carbocycles. The SMILES string of the molecule is CN1C2CCC1CN(CC1CNc3ccccc3O1)CC2. The van der Waals surface area contributed by atoms with Crippen LogP contribution in [-0.4, -0.2) is 61.2 Å². The molecule has 1 aromatic rings. The maximum atomic E-state index is 6.16. The Hall–Kier alpha value is -1.26. The monoisotopic (exact) mass is 287 g/mol. The third-order valence-electron chi connectivity index (χ3n) is 5.40. The van der Waals surface area contributed by atoms with Crippen LogP contribution in [0.5, 0.6) is 5.75 Å². The molecular weight excluding hydrogens is 262 g/mol. The average molecular weight is 287 g/mol. The van der Waals surface area contributed by atoms with Crippen molar-refractivity contribution in [3.8, 4) is 5.75 Å². The Labute approximate surface area is 127 Å². The minimum Gasteiger partial charge on any atom is -0.485 e. The summed E-state index contributed by atoms with van der Waals surface area (Å²) in [6.07, 6.45) is 4.33. The highest BCUT2D eigenvalue weighted by molar-refractivity contribution is 5.57. The zero-order valence-corrected chi connectivity index (χ0v) is 12.8. The molecule has 3 unspecified atom stereocenters. The predicted molar refractivity (Wildman–Crippen MR) is 85.0 cm³/mol. The zero-order chi connectivity index (χ0) is 14.2. The molecule has 2 fully saturated rings. The Balaban J connectivity index is 1.39. The summed E-state index contributed by atoms with van der Waals surface area (Å²) in [6.45, 7) is 4.37. The van der Waals surface area contributed by atoms with Gasteiger partial charge in [-0.2, -0.15) is 0 Å². The quantitative estimate of drug-likeness (QED) is 0.901. The number of likely N-dealkylation sites (N-methyl/N-ethyl adjacent to an activating group) is 1. The number of hydrogen-bond donors (Lipinski definition) is 1. The van der Waals surface area contributed by atoms with Gasteiger partial charge in [0, 0.05) is 25.2 Å². The van der Waals surface area contributed by atoms with Gasteiger partial charge in [0.1, 0.15) is 11.9 Å². The van der Waals surface area contributed by atoms with Gasteiger partial charge in [0.2, 0.25) is 0 Å². The number of para-hydroxylation sites is 2. The van der Waals surface area contributed by atoms with Crippen molar-refractivity contribution in [1.29, 1.82) is 0 Å². The average Bonchev–Trinajstić information content (AvgIpc) is 2.75. The number of benzene rings is 1. The lowest BCUT2D eigenvalue weighted by molar-refractivity contribution is 0.127. The first-order valence-electron chi connectivity index (χ1n) is 8.23. The summed E-state index contributed by atoms with van der Waals surface area (Å²) in [7, 11) is 2.31. The lowest BCUT2D eigenvalue weighted by Crippen LogP contribution is -2.44.